The normalized spacial score (nSPS) is 20.4. The van der Waals surface area contributed by atoms with E-state index in [0.29, 0.717) is 5.92 Å². The lowest BCUT2D eigenvalue weighted by Gasteiger charge is -2.23. The lowest BCUT2D eigenvalue weighted by Crippen LogP contribution is -2.23. The number of nitrogens with one attached hydrogen (secondary N) is 1. The number of hydrogen-bond donors (Lipinski definition) is 2. The van der Waals surface area contributed by atoms with Gasteiger partial charge in [-0.25, -0.2) is 0 Å². The standard InChI is InChI=1S/C13H15NO/c1-13(15,10-2-3-10)11-4-5-12-9(8-11)6-7-14-12/h4-8,10,14-15H,2-3H2,1H3. The van der Waals surface area contributed by atoms with Crippen LogP contribution in [0.15, 0.2) is 30.5 Å². The molecular formula is C13H15NO. The van der Waals surface area contributed by atoms with Gasteiger partial charge in [0, 0.05) is 11.7 Å². The van der Waals surface area contributed by atoms with Gasteiger partial charge in [-0.3, -0.25) is 0 Å². The average molecular weight is 201 g/mol. The summed E-state index contributed by atoms with van der Waals surface area (Å²) in [6.07, 6.45) is 4.23. The Morgan fingerprint density at radius 3 is 2.87 bits per heavy atom. The van der Waals surface area contributed by atoms with Gasteiger partial charge in [0.15, 0.2) is 0 Å². The molecule has 2 nitrogen and oxygen atoms in total. The second kappa shape index (κ2) is 2.86. The van der Waals surface area contributed by atoms with Crippen LogP contribution in [0.25, 0.3) is 10.9 Å². The van der Waals surface area contributed by atoms with Crippen molar-refractivity contribution in [2.75, 3.05) is 0 Å². The summed E-state index contributed by atoms with van der Waals surface area (Å²) in [6, 6.07) is 8.20. The Kier molecular flexibility index (Phi) is 1.71. The molecule has 78 valence electrons. The Morgan fingerprint density at radius 2 is 2.13 bits per heavy atom. The van der Waals surface area contributed by atoms with Gasteiger partial charge in [0.25, 0.3) is 0 Å². The Bertz CT molecular complexity index is 494. The Morgan fingerprint density at radius 1 is 1.33 bits per heavy atom. The van der Waals surface area contributed by atoms with Crippen LogP contribution >= 0.6 is 0 Å². The van der Waals surface area contributed by atoms with Crippen LogP contribution in [-0.4, -0.2) is 10.1 Å². The first-order valence-corrected chi connectivity index (χ1v) is 5.48. The highest BCUT2D eigenvalue weighted by Gasteiger charge is 2.41. The largest absolute Gasteiger partial charge is 0.385 e. The van der Waals surface area contributed by atoms with E-state index in [1.54, 1.807) is 0 Å². The fourth-order valence-corrected chi connectivity index (χ4v) is 2.25. The third kappa shape index (κ3) is 1.37. The first kappa shape index (κ1) is 8.98. The molecule has 0 saturated heterocycles. The zero-order valence-corrected chi connectivity index (χ0v) is 8.83. The summed E-state index contributed by atoms with van der Waals surface area (Å²) in [5.74, 6) is 0.453. The minimum Gasteiger partial charge on any atom is -0.385 e. The van der Waals surface area contributed by atoms with Gasteiger partial charge in [0.2, 0.25) is 0 Å². The van der Waals surface area contributed by atoms with Gasteiger partial charge in [-0.2, -0.15) is 0 Å². The van der Waals surface area contributed by atoms with Crippen LogP contribution in [0, 0.1) is 5.92 Å². The van der Waals surface area contributed by atoms with Crippen LogP contribution in [0.2, 0.25) is 0 Å². The maximum absolute atomic E-state index is 10.4. The molecule has 1 aliphatic carbocycles. The lowest BCUT2D eigenvalue weighted by molar-refractivity contribution is 0.0332. The fraction of sp³-hybridized carbons (Fsp3) is 0.385. The topological polar surface area (TPSA) is 36.0 Å². The molecule has 15 heavy (non-hydrogen) atoms. The van der Waals surface area contributed by atoms with Crippen molar-refractivity contribution in [2.24, 2.45) is 5.92 Å². The minimum absolute atomic E-state index is 0.453. The zero-order valence-electron chi connectivity index (χ0n) is 8.83. The zero-order chi connectivity index (χ0) is 10.5. The molecular weight excluding hydrogens is 186 g/mol. The van der Waals surface area contributed by atoms with Gasteiger partial charge in [-0.1, -0.05) is 6.07 Å². The van der Waals surface area contributed by atoms with E-state index in [1.807, 2.05) is 31.3 Å². The number of fused-ring (bicyclic) bond motifs is 1. The first-order valence-electron chi connectivity index (χ1n) is 5.48. The van der Waals surface area contributed by atoms with Crippen LogP contribution in [0.4, 0.5) is 0 Å². The molecule has 1 aromatic heterocycles. The molecule has 1 fully saturated rings. The van der Waals surface area contributed by atoms with Crippen LogP contribution in [0.3, 0.4) is 0 Å². The maximum Gasteiger partial charge on any atom is 0.0896 e. The lowest BCUT2D eigenvalue weighted by atomic mass is 9.90. The number of H-pyrrole nitrogens is 1. The Balaban J connectivity index is 2.09. The van der Waals surface area contributed by atoms with Crippen LogP contribution < -0.4 is 0 Å². The Labute approximate surface area is 88.9 Å². The number of aliphatic hydroxyl groups is 1. The van der Waals surface area contributed by atoms with Crippen LogP contribution in [-0.2, 0) is 5.60 Å². The van der Waals surface area contributed by atoms with E-state index in [-0.39, 0.29) is 0 Å². The molecule has 1 aromatic carbocycles. The predicted octanol–water partition coefficient (Wildman–Crippen LogP) is 2.79. The number of aromatic nitrogens is 1. The first-order chi connectivity index (χ1) is 7.18. The molecule has 0 spiro atoms. The smallest absolute Gasteiger partial charge is 0.0896 e. The molecule has 0 radical (unpaired) electrons. The minimum atomic E-state index is -0.647. The molecule has 0 amide bonds. The van der Waals surface area contributed by atoms with E-state index in [4.69, 9.17) is 0 Å². The van der Waals surface area contributed by atoms with Crippen molar-refractivity contribution in [3.05, 3.63) is 36.0 Å². The van der Waals surface area contributed by atoms with Crippen molar-refractivity contribution in [2.45, 2.75) is 25.4 Å². The summed E-state index contributed by atoms with van der Waals surface area (Å²) >= 11 is 0. The SMILES string of the molecule is CC(O)(c1ccc2[nH]ccc2c1)C1CC1. The molecule has 0 aliphatic heterocycles. The molecule has 1 atom stereocenters. The van der Waals surface area contributed by atoms with Gasteiger partial charge in [0.1, 0.15) is 0 Å². The molecule has 2 heteroatoms. The predicted molar refractivity (Wildman–Crippen MR) is 60.6 cm³/mol. The van der Waals surface area contributed by atoms with Crippen LogP contribution in [0.1, 0.15) is 25.3 Å². The second-order valence-electron chi connectivity index (χ2n) is 4.70. The van der Waals surface area contributed by atoms with Gasteiger partial charge in [-0.05, 0) is 54.8 Å². The number of benzene rings is 1. The third-order valence-corrected chi connectivity index (χ3v) is 3.51. The average Bonchev–Trinajstić information content (AvgIpc) is 2.97. The number of aromatic amines is 1. The highest BCUT2D eigenvalue weighted by molar-refractivity contribution is 5.80. The maximum atomic E-state index is 10.4. The summed E-state index contributed by atoms with van der Waals surface area (Å²) in [5, 5.41) is 11.6. The van der Waals surface area contributed by atoms with Gasteiger partial charge >= 0.3 is 0 Å². The van der Waals surface area contributed by atoms with E-state index >= 15 is 0 Å². The number of hydrogen-bond acceptors (Lipinski definition) is 1. The molecule has 2 N–H and O–H groups in total. The summed E-state index contributed by atoms with van der Waals surface area (Å²) in [4.78, 5) is 3.16. The van der Waals surface area contributed by atoms with Crippen molar-refractivity contribution in [1.29, 1.82) is 0 Å². The van der Waals surface area contributed by atoms with Gasteiger partial charge in [0.05, 0.1) is 5.60 Å². The fourth-order valence-electron chi connectivity index (χ4n) is 2.25. The Hall–Kier alpha value is -1.28. The molecule has 1 saturated carbocycles. The van der Waals surface area contributed by atoms with E-state index in [0.717, 1.165) is 23.9 Å². The molecule has 1 unspecified atom stereocenters. The van der Waals surface area contributed by atoms with Crippen molar-refractivity contribution < 1.29 is 5.11 Å². The van der Waals surface area contributed by atoms with Gasteiger partial charge in [-0.15, -0.1) is 0 Å². The van der Waals surface area contributed by atoms with Gasteiger partial charge < -0.3 is 10.1 Å². The summed E-state index contributed by atoms with van der Waals surface area (Å²) in [7, 11) is 0. The number of rotatable bonds is 2. The summed E-state index contributed by atoms with van der Waals surface area (Å²) in [5.41, 5.74) is 1.52. The van der Waals surface area contributed by atoms with E-state index in [1.165, 1.54) is 5.39 Å². The van der Waals surface area contributed by atoms with Crippen molar-refractivity contribution >= 4 is 10.9 Å². The van der Waals surface area contributed by atoms with E-state index in [2.05, 4.69) is 11.1 Å². The summed E-state index contributed by atoms with van der Waals surface area (Å²) < 4.78 is 0. The molecule has 1 aliphatic rings. The second-order valence-corrected chi connectivity index (χ2v) is 4.70. The molecule has 0 bridgehead atoms. The molecule has 2 aromatic rings. The van der Waals surface area contributed by atoms with Crippen molar-refractivity contribution in [1.82, 2.24) is 4.98 Å². The summed E-state index contributed by atoms with van der Waals surface area (Å²) in [6.45, 7) is 1.93. The quantitative estimate of drug-likeness (QED) is 0.770. The van der Waals surface area contributed by atoms with E-state index in [9.17, 15) is 5.11 Å². The highest BCUT2D eigenvalue weighted by atomic mass is 16.3. The molecule has 3 rings (SSSR count). The van der Waals surface area contributed by atoms with Crippen molar-refractivity contribution in [3.63, 3.8) is 0 Å². The van der Waals surface area contributed by atoms with Crippen molar-refractivity contribution in [3.8, 4) is 0 Å². The molecule has 1 heterocycles. The van der Waals surface area contributed by atoms with E-state index < -0.39 is 5.60 Å². The third-order valence-electron chi connectivity index (χ3n) is 3.51. The van der Waals surface area contributed by atoms with Crippen LogP contribution in [0.5, 0.6) is 0 Å². The highest BCUT2D eigenvalue weighted by Crippen LogP contribution is 2.45. The monoisotopic (exact) mass is 201 g/mol.